The Kier molecular flexibility index (Phi) is 3.32. The second-order valence-corrected chi connectivity index (χ2v) is 4.64. The summed E-state index contributed by atoms with van der Waals surface area (Å²) in [7, 11) is 0. The van der Waals surface area contributed by atoms with Crippen molar-refractivity contribution in [1.82, 2.24) is 5.32 Å². The summed E-state index contributed by atoms with van der Waals surface area (Å²) >= 11 is 0. The smallest absolute Gasteiger partial charge is 0.306 e. The molecule has 0 aliphatic heterocycles. The maximum absolute atomic E-state index is 13.3. The van der Waals surface area contributed by atoms with E-state index in [2.05, 4.69) is 5.32 Å². The number of carbonyl (C=O) groups excluding carboxylic acids is 1. The van der Waals surface area contributed by atoms with Crippen molar-refractivity contribution in [3.05, 3.63) is 35.1 Å². The van der Waals surface area contributed by atoms with E-state index in [1.807, 2.05) is 0 Å². The Morgan fingerprint density at radius 3 is 2.61 bits per heavy atom. The molecule has 4 nitrogen and oxygen atoms in total. The molecule has 96 valence electrons. The SMILES string of the molecule is Cc1ccc(C(=O)NC2CC(C(=O)O)C2)cc1F. The number of carbonyl (C=O) groups is 2. The minimum Gasteiger partial charge on any atom is -0.481 e. The van der Waals surface area contributed by atoms with Crippen molar-refractivity contribution in [1.29, 1.82) is 0 Å². The maximum Gasteiger partial charge on any atom is 0.306 e. The zero-order chi connectivity index (χ0) is 13.3. The van der Waals surface area contributed by atoms with E-state index in [0.717, 1.165) is 0 Å². The van der Waals surface area contributed by atoms with Crippen molar-refractivity contribution in [3.63, 3.8) is 0 Å². The molecule has 0 saturated heterocycles. The van der Waals surface area contributed by atoms with Crippen molar-refractivity contribution >= 4 is 11.9 Å². The Balaban J connectivity index is 1.93. The van der Waals surface area contributed by atoms with Gasteiger partial charge in [-0.25, -0.2) is 4.39 Å². The fourth-order valence-corrected chi connectivity index (χ4v) is 1.94. The third kappa shape index (κ3) is 2.50. The molecule has 0 unspecified atom stereocenters. The van der Waals surface area contributed by atoms with Crippen molar-refractivity contribution in [2.24, 2.45) is 5.92 Å². The lowest BCUT2D eigenvalue weighted by Crippen LogP contribution is -2.46. The minimum absolute atomic E-state index is 0.122. The van der Waals surface area contributed by atoms with Gasteiger partial charge < -0.3 is 10.4 Å². The van der Waals surface area contributed by atoms with Crippen LogP contribution < -0.4 is 5.32 Å². The van der Waals surface area contributed by atoms with Gasteiger partial charge in [-0.2, -0.15) is 0 Å². The third-order valence-electron chi connectivity index (χ3n) is 3.26. The summed E-state index contributed by atoms with van der Waals surface area (Å²) in [5, 5.41) is 11.4. The Hall–Kier alpha value is -1.91. The molecule has 1 saturated carbocycles. The number of hydrogen-bond acceptors (Lipinski definition) is 2. The molecule has 18 heavy (non-hydrogen) atoms. The number of hydrogen-bond donors (Lipinski definition) is 2. The number of aliphatic carboxylic acids is 1. The molecule has 1 amide bonds. The van der Waals surface area contributed by atoms with Gasteiger partial charge in [0, 0.05) is 11.6 Å². The molecule has 2 rings (SSSR count). The van der Waals surface area contributed by atoms with Crippen LogP contribution in [0.1, 0.15) is 28.8 Å². The standard InChI is InChI=1S/C13H14FNO3/c1-7-2-3-8(6-11(7)14)12(16)15-10-4-9(5-10)13(17)18/h2-3,6,9-10H,4-5H2,1H3,(H,15,16)(H,17,18). The van der Waals surface area contributed by atoms with Crippen molar-refractivity contribution < 1.29 is 19.1 Å². The summed E-state index contributed by atoms with van der Waals surface area (Å²) in [4.78, 5) is 22.4. The van der Waals surface area contributed by atoms with E-state index in [0.29, 0.717) is 18.4 Å². The highest BCUT2D eigenvalue weighted by Gasteiger charge is 2.35. The van der Waals surface area contributed by atoms with Crippen LogP contribution in [0.15, 0.2) is 18.2 Å². The predicted octanol–water partition coefficient (Wildman–Crippen LogP) is 1.73. The number of nitrogens with one attached hydrogen (secondary N) is 1. The summed E-state index contributed by atoms with van der Waals surface area (Å²) < 4.78 is 13.3. The number of amides is 1. The van der Waals surface area contributed by atoms with Crippen molar-refractivity contribution in [2.75, 3.05) is 0 Å². The first-order valence-electron chi connectivity index (χ1n) is 5.77. The van der Waals surface area contributed by atoms with E-state index in [-0.39, 0.29) is 23.4 Å². The molecule has 0 atom stereocenters. The Morgan fingerprint density at radius 1 is 1.39 bits per heavy atom. The van der Waals surface area contributed by atoms with Gasteiger partial charge in [0.2, 0.25) is 0 Å². The maximum atomic E-state index is 13.3. The van der Waals surface area contributed by atoms with E-state index in [9.17, 15) is 14.0 Å². The number of aryl methyl sites for hydroxylation is 1. The Bertz CT molecular complexity index is 495. The number of benzene rings is 1. The zero-order valence-corrected chi connectivity index (χ0v) is 9.94. The first-order chi connectivity index (χ1) is 8.47. The molecule has 1 aromatic carbocycles. The second-order valence-electron chi connectivity index (χ2n) is 4.64. The van der Waals surface area contributed by atoms with Gasteiger partial charge in [0.1, 0.15) is 5.82 Å². The molecule has 0 spiro atoms. The summed E-state index contributed by atoms with van der Waals surface area (Å²) in [6, 6.07) is 4.17. The quantitative estimate of drug-likeness (QED) is 0.859. The number of halogens is 1. The molecule has 0 heterocycles. The summed E-state index contributed by atoms with van der Waals surface area (Å²) in [6.45, 7) is 1.63. The van der Waals surface area contributed by atoms with Crippen molar-refractivity contribution in [3.8, 4) is 0 Å². The Morgan fingerprint density at radius 2 is 2.06 bits per heavy atom. The third-order valence-corrected chi connectivity index (χ3v) is 3.26. The van der Waals surface area contributed by atoms with Gasteiger partial charge in [0.05, 0.1) is 5.92 Å². The fraction of sp³-hybridized carbons (Fsp3) is 0.385. The fourth-order valence-electron chi connectivity index (χ4n) is 1.94. The van der Waals surface area contributed by atoms with Gasteiger partial charge >= 0.3 is 5.97 Å². The molecular weight excluding hydrogens is 237 g/mol. The average molecular weight is 251 g/mol. The highest BCUT2D eigenvalue weighted by molar-refractivity contribution is 5.94. The number of rotatable bonds is 3. The van der Waals surface area contributed by atoms with Crippen LogP contribution in [0.4, 0.5) is 4.39 Å². The van der Waals surface area contributed by atoms with Gasteiger partial charge in [-0.3, -0.25) is 9.59 Å². The van der Waals surface area contributed by atoms with Crippen molar-refractivity contribution in [2.45, 2.75) is 25.8 Å². The van der Waals surface area contributed by atoms with E-state index in [1.54, 1.807) is 19.1 Å². The molecule has 1 aliphatic rings. The van der Waals surface area contributed by atoms with Crippen LogP contribution in [0.2, 0.25) is 0 Å². The molecule has 0 aromatic heterocycles. The average Bonchev–Trinajstić information content (AvgIpc) is 2.25. The van der Waals surface area contributed by atoms with E-state index in [1.165, 1.54) is 6.07 Å². The van der Waals surface area contributed by atoms with Gasteiger partial charge in [0.25, 0.3) is 5.91 Å². The molecule has 1 aromatic rings. The highest BCUT2D eigenvalue weighted by Crippen LogP contribution is 2.27. The molecule has 5 heteroatoms. The first-order valence-corrected chi connectivity index (χ1v) is 5.77. The van der Waals surface area contributed by atoms with E-state index >= 15 is 0 Å². The van der Waals surface area contributed by atoms with Crippen LogP contribution in [-0.2, 0) is 4.79 Å². The second kappa shape index (κ2) is 4.76. The van der Waals surface area contributed by atoms with Crippen LogP contribution in [0.25, 0.3) is 0 Å². The summed E-state index contributed by atoms with van der Waals surface area (Å²) in [5.74, 6) is -1.98. The molecule has 0 radical (unpaired) electrons. The topological polar surface area (TPSA) is 66.4 Å². The lowest BCUT2D eigenvalue weighted by Gasteiger charge is -2.32. The monoisotopic (exact) mass is 251 g/mol. The van der Waals surface area contributed by atoms with E-state index in [4.69, 9.17) is 5.11 Å². The minimum atomic E-state index is -0.832. The van der Waals surface area contributed by atoms with Crippen LogP contribution >= 0.6 is 0 Å². The lowest BCUT2D eigenvalue weighted by molar-refractivity contribution is -0.145. The normalized spacial score (nSPS) is 22.1. The number of carboxylic acid groups (broad SMARTS) is 1. The van der Waals surface area contributed by atoms with Crippen LogP contribution in [0, 0.1) is 18.7 Å². The van der Waals surface area contributed by atoms with Gasteiger partial charge in [-0.05, 0) is 37.5 Å². The Labute approximate surface area is 104 Å². The highest BCUT2D eigenvalue weighted by atomic mass is 19.1. The van der Waals surface area contributed by atoms with E-state index < -0.39 is 11.8 Å². The predicted molar refractivity (Wildman–Crippen MR) is 62.8 cm³/mol. The zero-order valence-electron chi connectivity index (χ0n) is 9.94. The molecule has 1 fully saturated rings. The van der Waals surface area contributed by atoms with Crippen LogP contribution in [-0.4, -0.2) is 23.0 Å². The molecule has 0 bridgehead atoms. The summed E-state index contributed by atoms with van der Waals surface area (Å²) in [5.41, 5.74) is 0.748. The molecule has 1 aliphatic carbocycles. The molecular formula is C13H14FNO3. The van der Waals surface area contributed by atoms with Crippen LogP contribution in [0.5, 0.6) is 0 Å². The van der Waals surface area contributed by atoms with Gasteiger partial charge in [-0.1, -0.05) is 6.07 Å². The summed E-state index contributed by atoms with van der Waals surface area (Å²) in [6.07, 6.45) is 0.880. The number of carboxylic acids is 1. The largest absolute Gasteiger partial charge is 0.481 e. The first kappa shape index (κ1) is 12.5. The molecule has 2 N–H and O–H groups in total. The lowest BCUT2D eigenvalue weighted by atomic mass is 9.80. The van der Waals surface area contributed by atoms with Gasteiger partial charge in [-0.15, -0.1) is 0 Å². The van der Waals surface area contributed by atoms with Crippen LogP contribution in [0.3, 0.4) is 0 Å². The van der Waals surface area contributed by atoms with Gasteiger partial charge in [0.15, 0.2) is 0 Å².